The van der Waals surface area contributed by atoms with Crippen molar-refractivity contribution < 1.29 is 14.5 Å². The summed E-state index contributed by atoms with van der Waals surface area (Å²) in [4.78, 5) is 28.7. The Morgan fingerprint density at radius 2 is 2.03 bits per heavy atom. The van der Waals surface area contributed by atoms with E-state index in [1.807, 2.05) is 29.0 Å². The number of aromatic nitrogens is 1. The van der Waals surface area contributed by atoms with Crippen LogP contribution < -0.4 is 14.9 Å². The predicted octanol–water partition coefficient (Wildman–Crippen LogP) is 4.63. The summed E-state index contributed by atoms with van der Waals surface area (Å²) in [5.41, 5.74) is 2.22. The van der Waals surface area contributed by atoms with Crippen LogP contribution in [-0.4, -0.2) is 28.3 Å². The lowest BCUT2D eigenvalue weighted by atomic mass is 10.1. The standard InChI is InChI=1S/C22H15N5O4S2/c28-21-12-31-20-8-7-14(10-17(20)24-21)19-13-33-22(26(19)23-11-15-4-3-9-32-15)25-16-5-1-2-6-18(16)27(29)30/h1-11,13H,12H2,(H,24,28). The highest BCUT2D eigenvalue weighted by molar-refractivity contribution is 7.11. The number of thiazole rings is 1. The Kier molecular flexibility index (Phi) is 5.55. The van der Waals surface area contributed by atoms with Gasteiger partial charge in [0.25, 0.3) is 11.6 Å². The predicted molar refractivity (Wildman–Crippen MR) is 128 cm³/mol. The van der Waals surface area contributed by atoms with E-state index >= 15 is 0 Å². The molecule has 1 amide bonds. The van der Waals surface area contributed by atoms with E-state index in [2.05, 4.69) is 15.4 Å². The molecule has 3 heterocycles. The van der Waals surface area contributed by atoms with Crippen LogP contribution in [0, 0.1) is 10.1 Å². The number of nitro groups is 1. The lowest BCUT2D eigenvalue weighted by Crippen LogP contribution is -2.25. The summed E-state index contributed by atoms with van der Waals surface area (Å²) >= 11 is 2.84. The average molecular weight is 478 g/mol. The number of rotatable bonds is 5. The molecule has 1 aliphatic rings. The number of hydrogen-bond donors (Lipinski definition) is 1. The van der Waals surface area contributed by atoms with E-state index in [1.165, 1.54) is 28.7 Å². The molecular weight excluding hydrogens is 462 g/mol. The molecule has 0 saturated heterocycles. The molecule has 1 N–H and O–H groups in total. The highest BCUT2D eigenvalue weighted by Gasteiger charge is 2.18. The molecule has 0 spiro atoms. The zero-order valence-electron chi connectivity index (χ0n) is 16.9. The van der Waals surface area contributed by atoms with E-state index in [0.29, 0.717) is 21.9 Å². The molecule has 2 aromatic carbocycles. The number of nitrogens with one attached hydrogen (secondary N) is 1. The monoisotopic (exact) mass is 477 g/mol. The molecule has 1 aliphatic heterocycles. The first-order valence-electron chi connectivity index (χ1n) is 9.72. The van der Waals surface area contributed by atoms with Gasteiger partial charge < -0.3 is 10.1 Å². The van der Waals surface area contributed by atoms with Crippen molar-refractivity contribution in [1.82, 2.24) is 4.68 Å². The molecule has 9 nitrogen and oxygen atoms in total. The molecule has 0 fully saturated rings. The fourth-order valence-electron chi connectivity index (χ4n) is 3.22. The van der Waals surface area contributed by atoms with E-state index in [-0.39, 0.29) is 23.9 Å². The number of thiophene rings is 1. The van der Waals surface area contributed by atoms with Crippen molar-refractivity contribution in [2.24, 2.45) is 10.1 Å². The van der Waals surface area contributed by atoms with Crippen LogP contribution in [0.15, 0.2) is 75.5 Å². The second kappa shape index (κ2) is 8.81. The van der Waals surface area contributed by atoms with Gasteiger partial charge in [0.15, 0.2) is 6.61 Å². The van der Waals surface area contributed by atoms with Crippen LogP contribution >= 0.6 is 22.7 Å². The third kappa shape index (κ3) is 4.31. The van der Waals surface area contributed by atoms with Gasteiger partial charge in [-0.3, -0.25) is 14.9 Å². The maximum absolute atomic E-state index is 11.7. The van der Waals surface area contributed by atoms with Gasteiger partial charge in [-0.15, -0.1) is 22.7 Å². The van der Waals surface area contributed by atoms with Crippen LogP contribution in [0.25, 0.3) is 11.3 Å². The largest absolute Gasteiger partial charge is 0.482 e. The number of nitro benzene ring substituents is 1. The van der Waals surface area contributed by atoms with E-state index < -0.39 is 4.92 Å². The molecule has 0 aliphatic carbocycles. The smallest absolute Gasteiger partial charge is 0.294 e. The number of amides is 1. The molecule has 0 atom stereocenters. The number of anilines is 1. The number of nitrogens with zero attached hydrogens (tertiary/aromatic N) is 4. The normalized spacial score (nSPS) is 13.6. The number of benzene rings is 2. The minimum absolute atomic E-state index is 0.0191. The molecule has 0 radical (unpaired) electrons. The van der Waals surface area contributed by atoms with Crippen molar-refractivity contribution in [3.8, 4) is 17.0 Å². The third-order valence-corrected chi connectivity index (χ3v) is 6.35. The fraction of sp³-hybridized carbons (Fsp3) is 0.0455. The maximum Gasteiger partial charge on any atom is 0.294 e. The molecular formula is C22H15N5O4S2. The van der Waals surface area contributed by atoms with Crippen molar-refractivity contribution in [3.63, 3.8) is 0 Å². The Hall–Kier alpha value is -4.09. The first-order chi connectivity index (χ1) is 16.1. The van der Waals surface area contributed by atoms with Crippen LogP contribution in [0.3, 0.4) is 0 Å². The van der Waals surface area contributed by atoms with Gasteiger partial charge in [0.05, 0.1) is 22.5 Å². The van der Waals surface area contributed by atoms with Crippen molar-refractivity contribution in [3.05, 3.63) is 85.2 Å². The fourth-order valence-corrected chi connectivity index (χ4v) is 4.65. The number of fused-ring (bicyclic) bond motifs is 1. The summed E-state index contributed by atoms with van der Waals surface area (Å²) in [6.45, 7) is -0.0191. The Labute approximate surface area is 195 Å². The SMILES string of the molecule is O=C1COc2ccc(-c3csc(=Nc4ccccc4[N+](=O)[O-])n3N=Cc3cccs3)cc2N1. The highest BCUT2D eigenvalue weighted by Crippen LogP contribution is 2.33. The Morgan fingerprint density at radius 1 is 1.15 bits per heavy atom. The molecule has 0 unspecified atom stereocenters. The summed E-state index contributed by atoms with van der Waals surface area (Å²) in [5, 5.41) is 22.7. The van der Waals surface area contributed by atoms with Crippen molar-refractivity contribution in [2.75, 3.05) is 11.9 Å². The van der Waals surface area contributed by atoms with Crippen LogP contribution in [-0.2, 0) is 4.79 Å². The average Bonchev–Trinajstić information content (AvgIpc) is 3.47. The Balaban J connectivity index is 1.66. The molecule has 4 aromatic rings. The molecule has 164 valence electrons. The van der Waals surface area contributed by atoms with Crippen LogP contribution in [0.1, 0.15) is 4.88 Å². The van der Waals surface area contributed by atoms with Crippen LogP contribution in [0.5, 0.6) is 5.75 Å². The molecule has 0 saturated carbocycles. The highest BCUT2D eigenvalue weighted by atomic mass is 32.1. The van der Waals surface area contributed by atoms with Gasteiger partial charge in [-0.2, -0.15) is 5.10 Å². The lowest BCUT2D eigenvalue weighted by Gasteiger charge is -2.18. The number of carbonyl (C=O) groups excluding carboxylic acids is 1. The maximum atomic E-state index is 11.7. The topological polar surface area (TPSA) is 111 Å². The minimum atomic E-state index is -0.460. The van der Waals surface area contributed by atoms with Gasteiger partial charge in [0.2, 0.25) is 4.80 Å². The van der Waals surface area contributed by atoms with Gasteiger partial charge in [-0.1, -0.05) is 18.2 Å². The number of hydrogen-bond acceptors (Lipinski definition) is 8. The van der Waals surface area contributed by atoms with Crippen LogP contribution in [0.4, 0.5) is 17.1 Å². The number of carbonyl (C=O) groups is 1. The Morgan fingerprint density at radius 3 is 2.85 bits per heavy atom. The third-order valence-electron chi connectivity index (χ3n) is 4.73. The van der Waals surface area contributed by atoms with Gasteiger partial charge in [-0.25, -0.2) is 9.67 Å². The van der Waals surface area contributed by atoms with Gasteiger partial charge in [-0.05, 0) is 35.7 Å². The quantitative estimate of drug-likeness (QED) is 0.257. The van der Waals surface area contributed by atoms with Crippen LogP contribution in [0.2, 0.25) is 0 Å². The summed E-state index contributed by atoms with van der Waals surface area (Å²) in [7, 11) is 0. The molecule has 5 rings (SSSR count). The van der Waals surface area contributed by atoms with Crippen molar-refractivity contribution in [2.45, 2.75) is 0 Å². The molecule has 0 bridgehead atoms. The first-order valence-corrected chi connectivity index (χ1v) is 11.5. The second-order valence-corrected chi connectivity index (χ2v) is 8.70. The minimum Gasteiger partial charge on any atom is -0.482 e. The lowest BCUT2D eigenvalue weighted by molar-refractivity contribution is -0.384. The zero-order valence-corrected chi connectivity index (χ0v) is 18.5. The van der Waals surface area contributed by atoms with E-state index in [0.717, 1.165) is 10.4 Å². The molecule has 2 aromatic heterocycles. The van der Waals surface area contributed by atoms with E-state index in [9.17, 15) is 14.9 Å². The van der Waals surface area contributed by atoms with Crippen molar-refractivity contribution in [1.29, 1.82) is 0 Å². The molecule has 11 heteroatoms. The summed E-state index contributed by atoms with van der Waals surface area (Å²) < 4.78 is 7.08. The summed E-state index contributed by atoms with van der Waals surface area (Å²) in [6.07, 6.45) is 1.71. The number of para-hydroxylation sites is 2. The second-order valence-electron chi connectivity index (χ2n) is 6.88. The summed E-state index contributed by atoms with van der Waals surface area (Å²) in [5.74, 6) is 0.368. The Bertz CT molecular complexity index is 1450. The first kappa shape index (κ1) is 20.8. The molecule has 33 heavy (non-hydrogen) atoms. The zero-order chi connectivity index (χ0) is 22.8. The number of ether oxygens (including phenoxy) is 1. The van der Waals surface area contributed by atoms with Crippen molar-refractivity contribution >= 4 is 51.9 Å². The van der Waals surface area contributed by atoms with Gasteiger partial charge >= 0.3 is 0 Å². The summed E-state index contributed by atoms with van der Waals surface area (Å²) in [6, 6.07) is 15.6. The van der Waals surface area contributed by atoms with Gasteiger partial charge in [0, 0.05) is 21.9 Å². The van der Waals surface area contributed by atoms with Gasteiger partial charge in [0.1, 0.15) is 11.4 Å². The van der Waals surface area contributed by atoms with E-state index in [1.54, 1.807) is 41.2 Å². The van der Waals surface area contributed by atoms with E-state index in [4.69, 9.17) is 4.74 Å².